The largest absolute Gasteiger partial charge is 0.481 e. The Morgan fingerprint density at radius 1 is 1.28 bits per heavy atom. The SMILES string of the molecule is CN1C(=O)C[C@H](C(=O)O)C12CCN(C(=O)Cc1ccccc1Cl)CC2. The van der Waals surface area contributed by atoms with Crippen molar-refractivity contribution in [3.63, 3.8) is 0 Å². The zero-order chi connectivity index (χ0) is 18.2. The average Bonchev–Trinajstić information content (AvgIpc) is 2.83. The Morgan fingerprint density at radius 3 is 2.52 bits per heavy atom. The number of halogens is 1. The van der Waals surface area contributed by atoms with Gasteiger partial charge in [0.25, 0.3) is 0 Å². The minimum absolute atomic E-state index is 0.0261. The van der Waals surface area contributed by atoms with Crippen LogP contribution in [0, 0.1) is 5.92 Å². The molecule has 134 valence electrons. The van der Waals surface area contributed by atoms with Gasteiger partial charge in [-0.05, 0) is 24.5 Å². The number of piperidine rings is 1. The fourth-order valence-electron chi connectivity index (χ4n) is 4.04. The molecule has 2 amide bonds. The van der Waals surface area contributed by atoms with Crippen molar-refractivity contribution in [1.29, 1.82) is 0 Å². The minimum Gasteiger partial charge on any atom is -0.481 e. The van der Waals surface area contributed by atoms with E-state index in [2.05, 4.69) is 0 Å². The number of carbonyl (C=O) groups is 3. The number of likely N-dealkylation sites (tertiary alicyclic amines) is 2. The maximum Gasteiger partial charge on any atom is 0.309 e. The van der Waals surface area contributed by atoms with E-state index in [1.54, 1.807) is 22.9 Å². The molecule has 0 unspecified atom stereocenters. The lowest BCUT2D eigenvalue weighted by molar-refractivity contribution is -0.146. The second-order valence-corrected chi connectivity index (χ2v) is 7.21. The second-order valence-electron chi connectivity index (χ2n) is 6.80. The van der Waals surface area contributed by atoms with Crippen molar-refractivity contribution in [2.45, 2.75) is 31.2 Å². The van der Waals surface area contributed by atoms with Crippen molar-refractivity contribution in [3.05, 3.63) is 34.9 Å². The van der Waals surface area contributed by atoms with Crippen LogP contribution in [0.1, 0.15) is 24.8 Å². The number of nitrogens with zero attached hydrogens (tertiary/aromatic N) is 2. The van der Waals surface area contributed by atoms with Crippen LogP contribution in [0.3, 0.4) is 0 Å². The van der Waals surface area contributed by atoms with Crippen LogP contribution in [0.25, 0.3) is 0 Å². The summed E-state index contributed by atoms with van der Waals surface area (Å²) < 4.78 is 0. The van der Waals surface area contributed by atoms with Gasteiger partial charge < -0.3 is 14.9 Å². The number of carbonyl (C=O) groups excluding carboxylic acids is 2. The third kappa shape index (κ3) is 3.11. The molecule has 2 aliphatic rings. The summed E-state index contributed by atoms with van der Waals surface area (Å²) in [7, 11) is 1.67. The Labute approximate surface area is 151 Å². The first-order valence-corrected chi connectivity index (χ1v) is 8.73. The maximum absolute atomic E-state index is 12.6. The number of benzene rings is 1. The van der Waals surface area contributed by atoms with Crippen LogP contribution in [0.5, 0.6) is 0 Å². The highest BCUT2D eigenvalue weighted by Crippen LogP contribution is 2.42. The van der Waals surface area contributed by atoms with Gasteiger partial charge in [0.2, 0.25) is 11.8 Å². The Hall–Kier alpha value is -2.08. The van der Waals surface area contributed by atoms with Gasteiger partial charge in [0.1, 0.15) is 0 Å². The van der Waals surface area contributed by atoms with E-state index < -0.39 is 17.4 Å². The Kier molecular flexibility index (Phi) is 4.73. The van der Waals surface area contributed by atoms with E-state index in [1.165, 1.54) is 0 Å². The molecule has 1 atom stereocenters. The van der Waals surface area contributed by atoms with Crippen molar-refractivity contribution in [2.24, 2.45) is 5.92 Å². The van der Waals surface area contributed by atoms with Crippen LogP contribution < -0.4 is 0 Å². The molecule has 2 heterocycles. The molecule has 7 heteroatoms. The van der Waals surface area contributed by atoms with Crippen LogP contribution in [-0.2, 0) is 20.8 Å². The fourth-order valence-corrected chi connectivity index (χ4v) is 4.25. The van der Waals surface area contributed by atoms with E-state index in [1.807, 2.05) is 18.2 Å². The van der Waals surface area contributed by atoms with Crippen molar-refractivity contribution >= 4 is 29.4 Å². The summed E-state index contributed by atoms with van der Waals surface area (Å²) in [5.74, 6) is -1.80. The predicted molar refractivity (Wildman–Crippen MR) is 92.2 cm³/mol. The van der Waals surface area contributed by atoms with Gasteiger partial charge in [-0.3, -0.25) is 14.4 Å². The molecule has 1 N–H and O–H groups in total. The molecule has 0 bridgehead atoms. The zero-order valence-corrected chi connectivity index (χ0v) is 14.8. The van der Waals surface area contributed by atoms with E-state index in [9.17, 15) is 19.5 Å². The van der Waals surface area contributed by atoms with Gasteiger partial charge in [-0.15, -0.1) is 0 Å². The summed E-state index contributed by atoms with van der Waals surface area (Å²) in [6, 6.07) is 7.25. The molecule has 0 radical (unpaired) electrons. The highest BCUT2D eigenvalue weighted by molar-refractivity contribution is 6.31. The molecule has 2 aliphatic heterocycles. The molecule has 25 heavy (non-hydrogen) atoms. The highest BCUT2D eigenvalue weighted by atomic mass is 35.5. The molecule has 2 saturated heterocycles. The second kappa shape index (κ2) is 6.67. The first-order chi connectivity index (χ1) is 11.8. The standard InChI is InChI=1S/C18H21ClN2O4/c1-20-15(22)11-13(17(24)25)18(20)6-8-21(9-7-18)16(23)10-12-4-2-3-5-14(12)19/h2-5,13H,6-11H2,1H3,(H,24,25)/t13-/m1/s1. The third-order valence-electron chi connectivity index (χ3n) is 5.65. The lowest BCUT2D eigenvalue weighted by Crippen LogP contribution is -2.57. The summed E-state index contributed by atoms with van der Waals surface area (Å²) in [5.41, 5.74) is 0.107. The molecule has 0 aromatic heterocycles. The van der Waals surface area contributed by atoms with E-state index in [0.29, 0.717) is 31.0 Å². The smallest absolute Gasteiger partial charge is 0.309 e. The first-order valence-electron chi connectivity index (χ1n) is 8.36. The van der Waals surface area contributed by atoms with Gasteiger partial charge in [-0.2, -0.15) is 0 Å². The molecule has 1 aromatic rings. The van der Waals surface area contributed by atoms with Crippen LogP contribution in [0.2, 0.25) is 5.02 Å². The molecule has 2 fully saturated rings. The van der Waals surface area contributed by atoms with Gasteiger partial charge >= 0.3 is 5.97 Å². The minimum atomic E-state index is -0.937. The summed E-state index contributed by atoms with van der Waals surface area (Å²) in [4.78, 5) is 39.5. The van der Waals surface area contributed by atoms with Crippen molar-refractivity contribution < 1.29 is 19.5 Å². The van der Waals surface area contributed by atoms with Crippen LogP contribution in [0.4, 0.5) is 0 Å². The van der Waals surface area contributed by atoms with Crippen molar-refractivity contribution in [3.8, 4) is 0 Å². The lowest BCUT2D eigenvalue weighted by atomic mass is 9.77. The number of hydrogen-bond donors (Lipinski definition) is 1. The van der Waals surface area contributed by atoms with Crippen LogP contribution >= 0.6 is 11.6 Å². The topological polar surface area (TPSA) is 77.9 Å². The molecule has 1 spiro atoms. The molecule has 3 rings (SSSR count). The number of carboxylic acid groups (broad SMARTS) is 1. The summed E-state index contributed by atoms with van der Waals surface area (Å²) >= 11 is 6.11. The first kappa shape index (κ1) is 17.7. The van der Waals surface area contributed by atoms with E-state index >= 15 is 0 Å². The molecule has 0 aliphatic carbocycles. The van der Waals surface area contributed by atoms with Gasteiger partial charge in [-0.1, -0.05) is 29.8 Å². The molecule has 1 aromatic carbocycles. The van der Waals surface area contributed by atoms with Crippen LogP contribution in [0.15, 0.2) is 24.3 Å². The van der Waals surface area contributed by atoms with Gasteiger partial charge in [0, 0.05) is 31.6 Å². The number of carboxylic acids is 1. The molecule has 0 saturated carbocycles. The van der Waals surface area contributed by atoms with Gasteiger partial charge in [-0.25, -0.2) is 0 Å². The fraction of sp³-hybridized carbons (Fsp3) is 0.500. The lowest BCUT2D eigenvalue weighted by Gasteiger charge is -2.45. The van der Waals surface area contributed by atoms with E-state index in [4.69, 9.17) is 11.6 Å². The summed E-state index contributed by atoms with van der Waals surface area (Å²) in [6.07, 6.45) is 1.24. The van der Waals surface area contributed by atoms with Gasteiger partial charge in [0.05, 0.1) is 17.9 Å². The number of rotatable bonds is 3. The normalized spacial score (nSPS) is 22.5. The van der Waals surface area contributed by atoms with Crippen molar-refractivity contribution in [2.75, 3.05) is 20.1 Å². The monoisotopic (exact) mass is 364 g/mol. The Morgan fingerprint density at radius 2 is 1.92 bits per heavy atom. The number of amides is 2. The maximum atomic E-state index is 12.6. The van der Waals surface area contributed by atoms with E-state index in [0.717, 1.165) is 5.56 Å². The average molecular weight is 365 g/mol. The van der Waals surface area contributed by atoms with Gasteiger partial charge in [0.15, 0.2) is 0 Å². The summed E-state index contributed by atoms with van der Waals surface area (Å²) in [6.45, 7) is 0.898. The quantitative estimate of drug-likeness (QED) is 0.887. The summed E-state index contributed by atoms with van der Waals surface area (Å²) in [5, 5.41) is 10.1. The van der Waals surface area contributed by atoms with Crippen LogP contribution in [-0.4, -0.2) is 58.4 Å². The van der Waals surface area contributed by atoms with E-state index in [-0.39, 0.29) is 24.7 Å². The number of aliphatic carboxylic acids is 1. The molecular weight excluding hydrogens is 344 g/mol. The Bertz CT molecular complexity index is 713. The van der Waals surface area contributed by atoms with Crippen molar-refractivity contribution in [1.82, 2.24) is 9.80 Å². The predicted octanol–water partition coefficient (Wildman–Crippen LogP) is 1.81. The Balaban J connectivity index is 1.69. The molecular formula is C18H21ClN2O4. The highest BCUT2D eigenvalue weighted by Gasteiger charge is 2.55. The zero-order valence-electron chi connectivity index (χ0n) is 14.1. The molecule has 6 nitrogen and oxygen atoms in total. The third-order valence-corrected chi connectivity index (χ3v) is 6.02. The number of hydrogen-bond acceptors (Lipinski definition) is 3.